The molecule has 0 spiro atoms. The third-order valence-electron chi connectivity index (χ3n) is 4.12. The molecule has 0 saturated heterocycles. The summed E-state index contributed by atoms with van der Waals surface area (Å²) in [4.78, 5) is 2.32. The molecule has 0 radical (unpaired) electrons. The van der Waals surface area contributed by atoms with Gasteiger partial charge in [-0.1, -0.05) is 12.1 Å². The first-order valence-electron chi connectivity index (χ1n) is 8.14. The molecule has 25 heavy (non-hydrogen) atoms. The van der Waals surface area contributed by atoms with E-state index in [9.17, 15) is 8.42 Å². The van der Waals surface area contributed by atoms with E-state index in [0.717, 1.165) is 55.8 Å². The Bertz CT molecular complexity index is 898. The third kappa shape index (κ3) is 4.89. The highest BCUT2D eigenvalue weighted by Gasteiger charge is 2.17. The Morgan fingerprint density at radius 3 is 2.92 bits per heavy atom. The smallest absolute Gasteiger partial charge is 0.209 e. The lowest BCUT2D eigenvalue weighted by atomic mass is 10.1. The van der Waals surface area contributed by atoms with Crippen LogP contribution in [0.15, 0.2) is 30.3 Å². The first kappa shape index (κ1) is 17.6. The second-order valence-electron chi connectivity index (χ2n) is 6.32. The van der Waals surface area contributed by atoms with Gasteiger partial charge in [0.2, 0.25) is 10.0 Å². The van der Waals surface area contributed by atoms with Gasteiger partial charge in [-0.3, -0.25) is 9.58 Å². The molecule has 0 saturated carbocycles. The standard InChI is InChI=1S/C17H21N5O2S/c1-25(23,24)19-11-16-9-17-13-21(6-3-7-22(17)20-16)12-15-5-2-4-14(8-15)10-18/h2,4-5,8-9,19H,3,6-7,11-13H2,1H3. The van der Waals surface area contributed by atoms with Gasteiger partial charge >= 0.3 is 0 Å². The van der Waals surface area contributed by atoms with Crippen molar-refractivity contribution in [3.63, 3.8) is 0 Å². The number of nitrogens with one attached hydrogen (secondary N) is 1. The van der Waals surface area contributed by atoms with Crippen molar-refractivity contribution < 1.29 is 8.42 Å². The zero-order chi connectivity index (χ0) is 17.9. The van der Waals surface area contributed by atoms with Crippen LogP contribution in [-0.4, -0.2) is 35.9 Å². The Balaban J connectivity index is 1.70. The van der Waals surface area contributed by atoms with Crippen LogP contribution in [-0.2, 0) is 36.2 Å². The van der Waals surface area contributed by atoms with Crippen molar-refractivity contribution in [3.8, 4) is 6.07 Å². The molecule has 1 aliphatic heterocycles. The highest BCUT2D eigenvalue weighted by atomic mass is 32.2. The highest BCUT2D eigenvalue weighted by Crippen LogP contribution is 2.17. The third-order valence-corrected chi connectivity index (χ3v) is 4.79. The van der Waals surface area contributed by atoms with Crippen LogP contribution >= 0.6 is 0 Å². The Hall–Kier alpha value is -2.21. The van der Waals surface area contributed by atoms with Gasteiger partial charge in [-0.25, -0.2) is 13.1 Å². The molecule has 1 N–H and O–H groups in total. The molecule has 1 aliphatic rings. The number of benzene rings is 1. The maximum Gasteiger partial charge on any atom is 0.209 e. The fourth-order valence-electron chi connectivity index (χ4n) is 3.01. The molecule has 0 amide bonds. The molecule has 0 fully saturated rings. The molecule has 132 valence electrons. The van der Waals surface area contributed by atoms with E-state index >= 15 is 0 Å². The van der Waals surface area contributed by atoms with E-state index in [1.54, 1.807) is 0 Å². The SMILES string of the molecule is CS(=O)(=O)NCc1cc2n(n1)CCCN(Cc1cccc(C#N)c1)C2. The van der Waals surface area contributed by atoms with Crippen molar-refractivity contribution in [1.29, 1.82) is 5.26 Å². The summed E-state index contributed by atoms with van der Waals surface area (Å²) in [7, 11) is -3.23. The molecule has 0 unspecified atom stereocenters. The van der Waals surface area contributed by atoms with Crippen LogP contribution in [0.5, 0.6) is 0 Å². The van der Waals surface area contributed by atoms with Crippen LogP contribution in [0.1, 0.15) is 28.9 Å². The van der Waals surface area contributed by atoms with E-state index in [0.29, 0.717) is 5.56 Å². The number of sulfonamides is 1. The summed E-state index contributed by atoms with van der Waals surface area (Å²) in [5, 5.41) is 13.5. The van der Waals surface area contributed by atoms with E-state index in [-0.39, 0.29) is 6.54 Å². The second-order valence-corrected chi connectivity index (χ2v) is 8.15. The largest absolute Gasteiger partial charge is 0.293 e. The molecule has 2 heterocycles. The number of hydrogen-bond donors (Lipinski definition) is 1. The van der Waals surface area contributed by atoms with Gasteiger partial charge in [0.1, 0.15) is 0 Å². The summed E-state index contributed by atoms with van der Waals surface area (Å²) in [5.41, 5.74) is 3.60. The Kier molecular flexibility index (Phi) is 5.18. The number of aryl methyl sites for hydroxylation is 1. The van der Waals surface area contributed by atoms with Crippen LogP contribution in [0.2, 0.25) is 0 Å². The summed E-state index contributed by atoms with van der Waals surface area (Å²) in [6.45, 7) is 3.52. The lowest BCUT2D eigenvalue weighted by Gasteiger charge is -2.19. The molecule has 0 bridgehead atoms. The van der Waals surface area contributed by atoms with E-state index in [4.69, 9.17) is 5.26 Å². The van der Waals surface area contributed by atoms with Crippen LogP contribution in [0.4, 0.5) is 0 Å². The van der Waals surface area contributed by atoms with E-state index in [2.05, 4.69) is 20.8 Å². The summed E-state index contributed by atoms with van der Waals surface area (Å²) < 4.78 is 26.9. The van der Waals surface area contributed by atoms with Crippen molar-refractivity contribution in [2.45, 2.75) is 32.6 Å². The normalized spacial score (nSPS) is 15.4. The van der Waals surface area contributed by atoms with Gasteiger partial charge < -0.3 is 0 Å². The topological polar surface area (TPSA) is 91.0 Å². The molecular formula is C17H21N5O2S. The fourth-order valence-corrected chi connectivity index (χ4v) is 3.42. The fraction of sp³-hybridized carbons (Fsp3) is 0.412. The van der Waals surface area contributed by atoms with E-state index in [1.165, 1.54) is 0 Å². The number of fused-ring (bicyclic) bond motifs is 1. The van der Waals surface area contributed by atoms with Crippen molar-refractivity contribution in [2.75, 3.05) is 12.8 Å². The molecule has 3 rings (SSSR count). The quantitative estimate of drug-likeness (QED) is 0.866. The van der Waals surface area contributed by atoms with Gasteiger partial charge in [-0.05, 0) is 30.2 Å². The lowest BCUT2D eigenvalue weighted by molar-refractivity contribution is 0.261. The summed E-state index contributed by atoms with van der Waals surface area (Å²) in [5.74, 6) is 0. The molecule has 1 aromatic heterocycles. The predicted octanol–water partition coefficient (Wildman–Crippen LogP) is 1.21. The van der Waals surface area contributed by atoms with Gasteiger partial charge in [-0.2, -0.15) is 10.4 Å². The highest BCUT2D eigenvalue weighted by molar-refractivity contribution is 7.88. The van der Waals surface area contributed by atoms with Crippen molar-refractivity contribution in [3.05, 3.63) is 52.8 Å². The first-order valence-corrected chi connectivity index (χ1v) is 10.0. The number of hydrogen-bond acceptors (Lipinski definition) is 5. The minimum Gasteiger partial charge on any atom is -0.293 e. The first-order chi connectivity index (χ1) is 11.9. The van der Waals surface area contributed by atoms with Gasteiger partial charge in [0.25, 0.3) is 0 Å². The molecule has 8 heteroatoms. The number of aromatic nitrogens is 2. The monoisotopic (exact) mass is 359 g/mol. The molecule has 1 aromatic carbocycles. The zero-order valence-corrected chi connectivity index (χ0v) is 15.0. The average molecular weight is 359 g/mol. The number of nitrogens with zero attached hydrogens (tertiary/aromatic N) is 4. The summed E-state index contributed by atoms with van der Waals surface area (Å²) in [6, 6.07) is 11.8. The van der Waals surface area contributed by atoms with Crippen LogP contribution < -0.4 is 4.72 Å². The van der Waals surface area contributed by atoms with Crippen LogP contribution in [0.3, 0.4) is 0 Å². The van der Waals surface area contributed by atoms with Crippen molar-refractivity contribution in [2.24, 2.45) is 0 Å². The molecular weight excluding hydrogens is 338 g/mol. The van der Waals surface area contributed by atoms with Crippen molar-refractivity contribution in [1.82, 2.24) is 19.4 Å². The second kappa shape index (κ2) is 7.35. The maximum atomic E-state index is 11.2. The Morgan fingerprint density at radius 1 is 1.32 bits per heavy atom. The van der Waals surface area contributed by atoms with Crippen LogP contribution in [0.25, 0.3) is 0 Å². The molecule has 0 atom stereocenters. The lowest BCUT2D eigenvalue weighted by Crippen LogP contribution is -2.23. The Labute approximate surface area is 147 Å². The van der Waals surface area contributed by atoms with E-state index in [1.807, 2.05) is 35.0 Å². The molecule has 2 aromatic rings. The predicted molar refractivity (Wildman–Crippen MR) is 93.8 cm³/mol. The van der Waals surface area contributed by atoms with Gasteiger partial charge in [0.05, 0.1) is 35.8 Å². The van der Waals surface area contributed by atoms with Crippen molar-refractivity contribution >= 4 is 10.0 Å². The minimum atomic E-state index is -3.23. The summed E-state index contributed by atoms with van der Waals surface area (Å²) >= 11 is 0. The minimum absolute atomic E-state index is 0.211. The van der Waals surface area contributed by atoms with E-state index < -0.39 is 10.0 Å². The average Bonchev–Trinajstić information content (AvgIpc) is 2.85. The van der Waals surface area contributed by atoms with Gasteiger partial charge in [-0.15, -0.1) is 0 Å². The molecule has 0 aliphatic carbocycles. The maximum absolute atomic E-state index is 11.2. The molecule has 7 nitrogen and oxygen atoms in total. The zero-order valence-electron chi connectivity index (χ0n) is 14.1. The van der Waals surface area contributed by atoms with Crippen LogP contribution in [0, 0.1) is 11.3 Å². The van der Waals surface area contributed by atoms with Gasteiger partial charge in [0.15, 0.2) is 0 Å². The number of nitriles is 1. The number of rotatable bonds is 5. The Morgan fingerprint density at radius 2 is 2.16 bits per heavy atom. The van der Waals surface area contributed by atoms with Gasteiger partial charge in [0, 0.05) is 26.2 Å². The summed E-state index contributed by atoms with van der Waals surface area (Å²) in [6.07, 6.45) is 2.12.